The predicted octanol–water partition coefficient (Wildman–Crippen LogP) is 1.91. The quantitative estimate of drug-likeness (QED) is 0.758. The van der Waals surface area contributed by atoms with Gasteiger partial charge in [0, 0.05) is 24.2 Å². The number of carbonyl (C=O) groups is 1. The minimum atomic E-state index is 0.00903. The summed E-state index contributed by atoms with van der Waals surface area (Å²) in [6, 6.07) is 3.77. The molecule has 0 aliphatic heterocycles. The molecule has 1 amide bonds. The number of rotatable bonds is 2. The number of carbonyl (C=O) groups excluding carboxylic acids is 1. The Morgan fingerprint density at radius 1 is 1.64 bits per heavy atom. The lowest BCUT2D eigenvalue weighted by atomic mass is 10.3. The maximum Gasteiger partial charge on any atom is 0.224 e. The second-order valence-electron chi connectivity index (χ2n) is 3.00. The van der Waals surface area contributed by atoms with Gasteiger partial charge in [0.2, 0.25) is 5.91 Å². The first kappa shape index (κ1) is 8.74. The van der Waals surface area contributed by atoms with Crippen molar-refractivity contribution in [3.8, 4) is 0 Å². The Labute approximate surface area is 81.3 Å². The topological polar surface area (TPSA) is 57.8 Å². The van der Waals surface area contributed by atoms with Gasteiger partial charge in [-0.2, -0.15) is 0 Å². The minimum Gasteiger partial charge on any atom is -0.344 e. The van der Waals surface area contributed by atoms with Gasteiger partial charge in [-0.25, -0.2) is 4.98 Å². The average Bonchev–Trinajstić information content (AvgIpc) is 2.62. The van der Waals surface area contributed by atoms with E-state index in [9.17, 15) is 4.79 Å². The van der Waals surface area contributed by atoms with Crippen molar-refractivity contribution < 1.29 is 4.79 Å². The SMILES string of the molecule is CCC(=O)Nc1c[nH]c2ncccc12. The first-order valence-corrected chi connectivity index (χ1v) is 4.53. The number of aromatic nitrogens is 2. The molecule has 4 heteroatoms. The summed E-state index contributed by atoms with van der Waals surface area (Å²) in [5.41, 5.74) is 1.58. The smallest absolute Gasteiger partial charge is 0.224 e. The van der Waals surface area contributed by atoms with E-state index in [1.807, 2.05) is 19.1 Å². The highest BCUT2D eigenvalue weighted by Gasteiger charge is 2.05. The summed E-state index contributed by atoms with van der Waals surface area (Å²) in [5.74, 6) is 0.00903. The van der Waals surface area contributed by atoms with Crippen LogP contribution in [0.4, 0.5) is 5.69 Å². The molecule has 2 N–H and O–H groups in total. The van der Waals surface area contributed by atoms with Crippen molar-refractivity contribution in [2.75, 3.05) is 5.32 Å². The maximum atomic E-state index is 11.2. The molecule has 2 rings (SSSR count). The third-order valence-corrected chi connectivity index (χ3v) is 2.05. The van der Waals surface area contributed by atoms with Crippen LogP contribution in [0.15, 0.2) is 24.5 Å². The van der Waals surface area contributed by atoms with Crippen LogP contribution in [0.5, 0.6) is 0 Å². The normalized spacial score (nSPS) is 10.4. The van der Waals surface area contributed by atoms with Crippen LogP contribution in [0, 0.1) is 0 Å². The Balaban J connectivity index is 2.38. The number of nitrogens with zero attached hydrogens (tertiary/aromatic N) is 1. The number of amides is 1. The van der Waals surface area contributed by atoms with E-state index >= 15 is 0 Å². The second kappa shape index (κ2) is 3.49. The molecule has 2 heterocycles. The zero-order valence-electron chi connectivity index (χ0n) is 7.87. The van der Waals surface area contributed by atoms with E-state index in [2.05, 4.69) is 15.3 Å². The lowest BCUT2D eigenvalue weighted by Crippen LogP contribution is -2.08. The van der Waals surface area contributed by atoms with Crippen molar-refractivity contribution in [2.24, 2.45) is 0 Å². The first-order chi connectivity index (χ1) is 6.81. The van der Waals surface area contributed by atoms with E-state index in [4.69, 9.17) is 0 Å². The van der Waals surface area contributed by atoms with Crippen LogP contribution in [0.3, 0.4) is 0 Å². The Kier molecular flexibility index (Phi) is 2.18. The maximum absolute atomic E-state index is 11.2. The van der Waals surface area contributed by atoms with Gasteiger partial charge in [-0.1, -0.05) is 6.92 Å². The number of hydrogen-bond acceptors (Lipinski definition) is 2. The molecule has 72 valence electrons. The van der Waals surface area contributed by atoms with Crippen LogP contribution in [-0.4, -0.2) is 15.9 Å². The molecule has 14 heavy (non-hydrogen) atoms. The van der Waals surface area contributed by atoms with E-state index in [0.717, 1.165) is 16.7 Å². The summed E-state index contributed by atoms with van der Waals surface area (Å²) in [5, 5.41) is 3.74. The van der Waals surface area contributed by atoms with E-state index in [1.165, 1.54) is 0 Å². The molecule has 0 radical (unpaired) electrons. The third kappa shape index (κ3) is 1.46. The average molecular weight is 189 g/mol. The molecule has 0 spiro atoms. The Morgan fingerprint density at radius 3 is 3.29 bits per heavy atom. The first-order valence-electron chi connectivity index (χ1n) is 4.53. The van der Waals surface area contributed by atoms with Crippen molar-refractivity contribution in [2.45, 2.75) is 13.3 Å². The van der Waals surface area contributed by atoms with Gasteiger partial charge in [0.25, 0.3) is 0 Å². The third-order valence-electron chi connectivity index (χ3n) is 2.05. The summed E-state index contributed by atoms with van der Waals surface area (Å²) in [6.45, 7) is 1.82. The lowest BCUT2D eigenvalue weighted by Gasteiger charge is -1.99. The summed E-state index contributed by atoms with van der Waals surface area (Å²) < 4.78 is 0. The fourth-order valence-electron chi connectivity index (χ4n) is 1.30. The number of nitrogens with one attached hydrogen (secondary N) is 2. The molecule has 4 nitrogen and oxygen atoms in total. The summed E-state index contributed by atoms with van der Waals surface area (Å²) in [7, 11) is 0. The lowest BCUT2D eigenvalue weighted by molar-refractivity contribution is -0.115. The highest BCUT2D eigenvalue weighted by atomic mass is 16.1. The van der Waals surface area contributed by atoms with Crippen LogP contribution in [0.1, 0.15) is 13.3 Å². The van der Waals surface area contributed by atoms with Crippen molar-refractivity contribution >= 4 is 22.6 Å². The Hall–Kier alpha value is -1.84. The number of anilines is 1. The van der Waals surface area contributed by atoms with Crippen LogP contribution in [0.2, 0.25) is 0 Å². The van der Waals surface area contributed by atoms with Crippen molar-refractivity contribution in [3.63, 3.8) is 0 Å². The second-order valence-corrected chi connectivity index (χ2v) is 3.00. The van der Waals surface area contributed by atoms with Crippen LogP contribution in [-0.2, 0) is 4.79 Å². The van der Waals surface area contributed by atoms with E-state index in [-0.39, 0.29) is 5.91 Å². The molecule has 2 aromatic rings. The molecular weight excluding hydrogens is 178 g/mol. The van der Waals surface area contributed by atoms with E-state index < -0.39 is 0 Å². The van der Waals surface area contributed by atoms with Gasteiger partial charge in [-0.15, -0.1) is 0 Å². The zero-order chi connectivity index (χ0) is 9.97. The number of aromatic amines is 1. The fourth-order valence-corrected chi connectivity index (χ4v) is 1.30. The summed E-state index contributed by atoms with van der Waals surface area (Å²) >= 11 is 0. The summed E-state index contributed by atoms with van der Waals surface area (Å²) in [6.07, 6.45) is 3.95. The van der Waals surface area contributed by atoms with Crippen molar-refractivity contribution in [1.29, 1.82) is 0 Å². The molecule has 0 atom stereocenters. The van der Waals surface area contributed by atoms with E-state index in [0.29, 0.717) is 6.42 Å². The molecule has 2 aromatic heterocycles. The molecule has 0 aromatic carbocycles. The molecule has 0 saturated carbocycles. The molecule has 0 bridgehead atoms. The molecule has 0 saturated heterocycles. The Morgan fingerprint density at radius 2 is 2.50 bits per heavy atom. The molecule has 0 fully saturated rings. The predicted molar refractivity (Wildman–Crippen MR) is 55.0 cm³/mol. The largest absolute Gasteiger partial charge is 0.344 e. The van der Waals surface area contributed by atoms with Crippen LogP contribution in [0.25, 0.3) is 11.0 Å². The minimum absolute atomic E-state index is 0.00903. The zero-order valence-corrected chi connectivity index (χ0v) is 7.87. The molecular formula is C10H11N3O. The fraction of sp³-hybridized carbons (Fsp3) is 0.200. The molecule has 0 aliphatic carbocycles. The van der Waals surface area contributed by atoms with Gasteiger partial charge in [-0.05, 0) is 12.1 Å². The van der Waals surface area contributed by atoms with Gasteiger partial charge in [0.1, 0.15) is 5.65 Å². The standard InChI is InChI=1S/C10H11N3O/c1-2-9(14)13-8-6-12-10-7(8)4-3-5-11-10/h3-6H,2H2,1H3,(H,11,12)(H,13,14). The van der Waals surface area contributed by atoms with Crippen LogP contribution < -0.4 is 5.32 Å². The number of pyridine rings is 1. The number of H-pyrrole nitrogens is 1. The summed E-state index contributed by atoms with van der Waals surface area (Å²) in [4.78, 5) is 18.3. The van der Waals surface area contributed by atoms with Gasteiger partial charge in [0.15, 0.2) is 0 Å². The number of fused-ring (bicyclic) bond motifs is 1. The van der Waals surface area contributed by atoms with Gasteiger partial charge >= 0.3 is 0 Å². The number of hydrogen-bond donors (Lipinski definition) is 2. The monoisotopic (exact) mass is 189 g/mol. The molecule has 0 unspecified atom stereocenters. The molecule has 0 aliphatic rings. The van der Waals surface area contributed by atoms with Crippen molar-refractivity contribution in [3.05, 3.63) is 24.5 Å². The highest BCUT2D eigenvalue weighted by Crippen LogP contribution is 2.20. The van der Waals surface area contributed by atoms with Crippen molar-refractivity contribution in [1.82, 2.24) is 9.97 Å². The van der Waals surface area contributed by atoms with Gasteiger partial charge < -0.3 is 10.3 Å². The van der Waals surface area contributed by atoms with E-state index in [1.54, 1.807) is 12.4 Å². The Bertz CT molecular complexity index is 461. The van der Waals surface area contributed by atoms with Crippen LogP contribution >= 0.6 is 0 Å². The highest BCUT2D eigenvalue weighted by molar-refractivity contribution is 6.00. The van der Waals surface area contributed by atoms with Gasteiger partial charge in [0.05, 0.1) is 5.69 Å². The van der Waals surface area contributed by atoms with Gasteiger partial charge in [-0.3, -0.25) is 4.79 Å².